The summed E-state index contributed by atoms with van der Waals surface area (Å²) in [5.41, 5.74) is 1.22. The number of hydrogen-bond acceptors (Lipinski definition) is 3. The molecule has 1 saturated heterocycles. The minimum atomic E-state index is -0.781. The second kappa shape index (κ2) is 7.20. The fourth-order valence-corrected chi connectivity index (χ4v) is 5.31. The number of aliphatic carboxylic acids is 1. The highest BCUT2D eigenvalue weighted by Crippen LogP contribution is 2.53. The summed E-state index contributed by atoms with van der Waals surface area (Å²) in [7, 11) is 0. The maximum absolute atomic E-state index is 13.0. The van der Waals surface area contributed by atoms with E-state index in [0.29, 0.717) is 13.1 Å². The Morgan fingerprint density at radius 1 is 1.00 bits per heavy atom. The molecule has 0 radical (unpaired) electrons. The Kier molecular flexibility index (Phi) is 4.93. The number of piperazine rings is 1. The van der Waals surface area contributed by atoms with Gasteiger partial charge < -0.3 is 10.0 Å². The molecule has 1 N–H and O–H groups in total. The van der Waals surface area contributed by atoms with Gasteiger partial charge in [0.15, 0.2) is 0 Å². The van der Waals surface area contributed by atoms with E-state index < -0.39 is 11.9 Å². The zero-order valence-corrected chi connectivity index (χ0v) is 15.6. The summed E-state index contributed by atoms with van der Waals surface area (Å²) in [5.74, 6) is -0.978. The van der Waals surface area contributed by atoms with Gasteiger partial charge in [-0.25, -0.2) is 0 Å². The SMILES string of the molecule is O=C(O)[C@H]1[C@@H]2CC[C@@H](C2)[C@@H]1C(=O)N1CCN(Cc2ccc(Cl)cc2)CC1. The Labute approximate surface area is 158 Å². The van der Waals surface area contributed by atoms with Crippen molar-refractivity contribution in [1.29, 1.82) is 0 Å². The standard InChI is InChI=1S/C20H25ClN2O3/c21-16-5-1-13(2-6-16)12-22-7-9-23(10-8-22)19(24)17-14-3-4-15(11-14)18(17)20(25)26/h1-2,5-6,14-15,17-18H,3-4,7-12H2,(H,25,26)/t14-,15+,17-,18-/m0/s1. The summed E-state index contributed by atoms with van der Waals surface area (Å²) >= 11 is 5.93. The van der Waals surface area contributed by atoms with Gasteiger partial charge in [-0.15, -0.1) is 0 Å². The van der Waals surface area contributed by atoms with Crippen LogP contribution in [0.5, 0.6) is 0 Å². The molecule has 3 fully saturated rings. The van der Waals surface area contributed by atoms with Gasteiger partial charge in [0.25, 0.3) is 0 Å². The molecule has 2 bridgehead atoms. The highest BCUT2D eigenvalue weighted by atomic mass is 35.5. The van der Waals surface area contributed by atoms with Crippen LogP contribution in [0.25, 0.3) is 0 Å². The summed E-state index contributed by atoms with van der Waals surface area (Å²) in [4.78, 5) is 29.0. The van der Waals surface area contributed by atoms with Crippen LogP contribution in [0.1, 0.15) is 24.8 Å². The van der Waals surface area contributed by atoms with Crippen LogP contribution in [0, 0.1) is 23.7 Å². The molecule has 2 saturated carbocycles. The van der Waals surface area contributed by atoms with Gasteiger partial charge >= 0.3 is 5.97 Å². The van der Waals surface area contributed by atoms with E-state index in [2.05, 4.69) is 4.90 Å². The molecule has 1 aliphatic heterocycles. The van der Waals surface area contributed by atoms with Crippen molar-refractivity contribution in [2.45, 2.75) is 25.8 Å². The monoisotopic (exact) mass is 376 g/mol. The molecule has 2 aliphatic carbocycles. The lowest BCUT2D eigenvalue weighted by Gasteiger charge is -2.38. The van der Waals surface area contributed by atoms with Crippen molar-refractivity contribution in [2.24, 2.45) is 23.7 Å². The summed E-state index contributed by atoms with van der Waals surface area (Å²) in [6.07, 6.45) is 2.91. The van der Waals surface area contributed by atoms with E-state index in [0.717, 1.165) is 43.9 Å². The maximum atomic E-state index is 13.0. The first-order valence-electron chi connectivity index (χ1n) is 9.51. The number of carboxylic acid groups (broad SMARTS) is 1. The molecule has 1 aromatic carbocycles. The predicted molar refractivity (Wildman–Crippen MR) is 98.8 cm³/mol. The number of amides is 1. The normalized spacial score (nSPS) is 31.3. The molecule has 1 aromatic rings. The number of nitrogens with zero attached hydrogens (tertiary/aromatic N) is 2. The largest absolute Gasteiger partial charge is 0.481 e. The van der Waals surface area contributed by atoms with Gasteiger partial charge in [-0.2, -0.15) is 0 Å². The number of carboxylic acids is 1. The predicted octanol–water partition coefficient (Wildman–Crippen LogP) is 2.73. The van der Waals surface area contributed by atoms with Gasteiger partial charge in [0.2, 0.25) is 5.91 Å². The first-order valence-corrected chi connectivity index (χ1v) is 9.89. The lowest BCUT2D eigenvalue weighted by molar-refractivity contribution is -0.153. The van der Waals surface area contributed by atoms with E-state index in [9.17, 15) is 14.7 Å². The molecule has 1 amide bonds. The third-order valence-corrected chi connectivity index (χ3v) is 6.74. The number of carbonyl (C=O) groups excluding carboxylic acids is 1. The summed E-state index contributed by atoms with van der Waals surface area (Å²) < 4.78 is 0. The zero-order valence-electron chi connectivity index (χ0n) is 14.8. The molecule has 140 valence electrons. The highest BCUT2D eigenvalue weighted by Gasteiger charge is 2.54. The van der Waals surface area contributed by atoms with Crippen LogP contribution in [0.4, 0.5) is 0 Å². The first kappa shape index (κ1) is 17.8. The Balaban J connectivity index is 1.35. The van der Waals surface area contributed by atoms with Gasteiger partial charge in [0.1, 0.15) is 0 Å². The average Bonchev–Trinajstić information content (AvgIpc) is 3.25. The van der Waals surface area contributed by atoms with Crippen LogP contribution in [0.2, 0.25) is 5.02 Å². The van der Waals surface area contributed by atoms with Crippen LogP contribution in [0.15, 0.2) is 24.3 Å². The minimum absolute atomic E-state index is 0.0794. The Morgan fingerprint density at radius 3 is 2.23 bits per heavy atom. The number of benzene rings is 1. The smallest absolute Gasteiger partial charge is 0.307 e. The van der Waals surface area contributed by atoms with Crippen molar-refractivity contribution in [3.8, 4) is 0 Å². The summed E-state index contributed by atoms with van der Waals surface area (Å²) in [6, 6.07) is 7.87. The lowest BCUT2D eigenvalue weighted by Crippen LogP contribution is -2.52. The molecule has 3 aliphatic rings. The lowest BCUT2D eigenvalue weighted by atomic mass is 9.78. The Hall–Kier alpha value is -1.59. The highest BCUT2D eigenvalue weighted by molar-refractivity contribution is 6.30. The number of carbonyl (C=O) groups is 2. The maximum Gasteiger partial charge on any atom is 0.307 e. The molecular formula is C20H25ClN2O3. The van der Waals surface area contributed by atoms with Crippen molar-refractivity contribution in [3.05, 3.63) is 34.9 Å². The van der Waals surface area contributed by atoms with Crippen molar-refractivity contribution in [2.75, 3.05) is 26.2 Å². The molecular weight excluding hydrogens is 352 g/mol. The van der Waals surface area contributed by atoms with Crippen molar-refractivity contribution in [3.63, 3.8) is 0 Å². The van der Waals surface area contributed by atoms with E-state index in [4.69, 9.17) is 11.6 Å². The summed E-state index contributed by atoms with van der Waals surface area (Å²) in [6.45, 7) is 3.88. The van der Waals surface area contributed by atoms with Gasteiger partial charge in [-0.05, 0) is 48.8 Å². The second-order valence-electron chi connectivity index (χ2n) is 7.95. The number of fused-ring (bicyclic) bond motifs is 2. The van der Waals surface area contributed by atoms with E-state index in [1.807, 2.05) is 29.2 Å². The van der Waals surface area contributed by atoms with Gasteiger partial charge in [-0.1, -0.05) is 23.7 Å². The van der Waals surface area contributed by atoms with Crippen LogP contribution in [0.3, 0.4) is 0 Å². The van der Waals surface area contributed by atoms with Gasteiger partial charge in [-0.3, -0.25) is 14.5 Å². The molecule has 5 nitrogen and oxygen atoms in total. The quantitative estimate of drug-likeness (QED) is 0.877. The molecule has 4 rings (SSSR count). The number of rotatable bonds is 4. The molecule has 1 heterocycles. The minimum Gasteiger partial charge on any atom is -0.481 e. The van der Waals surface area contributed by atoms with E-state index in [1.165, 1.54) is 5.56 Å². The van der Waals surface area contributed by atoms with Gasteiger partial charge in [0, 0.05) is 37.7 Å². The van der Waals surface area contributed by atoms with Crippen LogP contribution < -0.4 is 0 Å². The van der Waals surface area contributed by atoms with Crippen LogP contribution >= 0.6 is 11.6 Å². The fourth-order valence-electron chi connectivity index (χ4n) is 5.19. The Bertz CT molecular complexity index is 685. The van der Waals surface area contributed by atoms with E-state index in [1.54, 1.807) is 0 Å². The third-order valence-electron chi connectivity index (χ3n) is 6.49. The molecule has 6 heteroatoms. The first-order chi connectivity index (χ1) is 12.5. The van der Waals surface area contributed by atoms with Crippen molar-refractivity contribution >= 4 is 23.5 Å². The van der Waals surface area contributed by atoms with Crippen molar-refractivity contribution < 1.29 is 14.7 Å². The third kappa shape index (κ3) is 3.35. The van der Waals surface area contributed by atoms with Crippen LogP contribution in [-0.2, 0) is 16.1 Å². The molecule has 0 spiro atoms. The number of halogens is 1. The van der Waals surface area contributed by atoms with Gasteiger partial charge in [0.05, 0.1) is 11.8 Å². The fraction of sp³-hybridized carbons (Fsp3) is 0.600. The molecule has 26 heavy (non-hydrogen) atoms. The zero-order chi connectivity index (χ0) is 18.3. The molecule has 0 aromatic heterocycles. The average molecular weight is 377 g/mol. The van der Waals surface area contributed by atoms with Crippen molar-refractivity contribution in [1.82, 2.24) is 9.80 Å². The van der Waals surface area contributed by atoms with E-state index in [-0.39, 0.29) is 23.7 Å². The summed E-state index contributed by atoms with van der Waals surface area (Å²) in [5, 5.41) is 10.3. The Morgan fingerprint density at radius 2 is 1.62 bits per heavy atom. The topological polar surface area (TPSA) is 60.9 Å². The second-order valence-corrected chi connectivity index (χ2v) is 8.39. The molecule has 0 unspecified atom stereocenters. The molecule has 4 atom stereocenters. The van der Waals surface area contributed by atoms with Crippen LogP contribution in [-0.4, -0.2) is 53.0 Å². The number of hydrogen-bond donors (Lipinski definition) is 1. The van der Waals surface area contributed by atoms with E-state index >= 15 is 0 Å².